The highest BCUT2D eigenvalue weighted by atomic mass is 32.1. The first-order chi connectivity index (χ1) is 6.95. The molecule has 1 atom stereocenters. The number of hydrogen-bond acceptors (Lipinski definition) is 4. The zero-order valence-corrected chi connectivity index (χ0v) is 9.05. The molecule has 0 saturated carbocycles. The second-order valence-electron chi connectivity index (χ2n) is 3.59. The maximum atomic E-state index is 5.60. The number of nitrogens with zero attached hydrogens (tertiary/aromatic N) is 1. The third-order valence-corrected chi connectivity index (χ3v) is 3.19. The zero-order chi connectivity index (χ0) is 9.64. The van der Waals surface area contributed by atoms with Crippen LogP contribution >= 0.6 is 11.3 Å². The molecule has 0 unspecified atom stereocenters. The summed E-state index contributed by atoms with van der Waals surface area (Å²) in [5.41, 5.74) is 0. The highest BCUT2D eigenvalue weighted by molar-refractivity contribution is 7.09. The lowest BCUT2D eigenvalue weighted by Crippen LogP contribution is -2.37. The van der Waals surface area contributed by atoms with Gasteiger partial charge in [0.1, 0.15) is 5.01 Å². The number of aromatic nitrogens is 1. The number of piperidine rings is 1. The van der Waals surface area contributed by atoms with Gasteiger partial charge in [-0.3, -0.25) is 0 Å². The van der Waals surface area contributed by atoms with Crippen LogP contribution in [0.3, 0.4) is 0 Å². The lowest BCUT2D eigenvalue weighted by atomic mass is 10.1. The normalized spacial score (nSPS) is 22.4. The van der Waals surface area contributed by atoms with Gasteiger partial charge in [-0.05, 0) is 19.4 Å². The molecule has 0 bridgehead atoms. The molecule has 14 heavy (non-hydrogen) atoms. The van der Waals surface area contributed by atoms with E-state index in [1.165, 1.54) is 19.3 Å². The van der Waals surface area contributed by atoms with Gasteiger partial charge in [-0.1, -0.05) is 6.42 Å². The fourth-order valence-corrected chi connectivity index (χ4v) is 2.23. The maximum absolute atomic E-state index is 5.60. The van der Waals surface area contributed by atoms with E-state index < -0.39 is 0 Å². The van der Waals surface area contributed by atoms with E-state index >= 15 is 0 Å². The second kappa shape index (κ2) is 5.44. The van der Waals surface area contributed by atoms with Crippen LogP contribution in [0.1, 0.15) is 24.3 Å². The van der Waals surface area contributed by atoms with Crippen LogP contribution in [0.4, 0.5) is 0 Å². The van der Waals surface area contributed by atoms with Crippen molar-refractivity contribution in [2.45, 2.75) is 31.9 Å². The molecule has 1 aromatic rings. The van der Waals surface area contributed by atoms with E-state index in [9.17, 15) is 0 Å². The molecule has 1 N–H and O–H groups in total. The van der Waals surface area contributed by atoms with Crippen LogP contribution in [-0.4, -0.2) is 24.2 Å². The molecule has 1 saturated heterocycles. The fourth-order valence-electron chi connectivity index (χ4n) is 1.68. The minimum absolute atomic E-state index is 0.559. The van der Waals surface area contributed by atoms with Gasteiger partial charge in [-0.2, -0.15) is 0 Å². The van der Waals surface area contributed by atoms with Gasteiger partial charge in [-0.25, -0.2) is 4.98 Å². The van der Waals surface area contributed by atoms with Crippen LogP contribution in [0.2, 0.25) is 0 Å². The predicted octanol–water partition coefficient (Wildman–Crippen LogP) is 1.80. The van der Waals surface area contributed by atoms with E-state index in [4.69, 9.17) is 4.74 Å². The zero-order valence-electron chi connectivity index (χ0n) is 8.24. The van der Waals surface area contributed by atoms with Crippen molar-refractivity contribution in [3.63, 3.8) is 0 Å². The molecule has 4 heteroatoms. The van der Waals surface area contributed by atoms with Crippen molar-refractivity contribution in [1.29, 1.82) is 0 Å². The van der Waals surface area contributed by atoms with Gasteiger partial charge in [0, 0.05) is 17.6 Å². The van der Waals surface area contributed by atoms with Crippen molar-refractivity contribution in [1.82, 2.24) is 10.3 Å². The summed E-state index contributed by atoms with van der Waals surface area (Å²) in [6.45, 7) is 2.63. The summed E-state index contributed by atoms with van der Waals surface area (Å²) in [5, 5.41) is 6.51. The molecule has 0 spiro atoms. The highest BCUT2D eigenvalue weighted by Gasteiger charge is 2.12. The van der Waals surface area contributed by atoms with Gasteiger partial charge in [0.05, 0.1) is 13.2 Å². The average molecular weight is 212 g/mol. The third-order valence-electron chi connectivity index (χ3n) is 2.44. The van der Waals surface area contributed by atoms with Gasteiger partial charge in [-0.15, -0.1) is 11.3 Å². The van der Waals surface area contributed by atoms with Crippen LogP contribution in [-0.2, 0) is 11.3 Å². The van der Waals surface area contributed by atoms with E-state index in [2.05, 4.69) is 10.3 Å². The molecule has 1 aliphatic heterocycles. The van der Waals surface area contributed by atoms with Gasteiger partial charge in [0.25, 0.3) is 0 Å². The first-order valence-electron chi connectivity index (χ1n) is 5.14. The molecular weight excluding hydrogens is 196 g/mol. The van der Waals surface area contributed by atoms with Gasteiger partial charge in [0.15, 0.2) is 0 Å². The van der Waals surface area contributed by atoms with Crippen LogP contribution in [0, 0.1) is 0 Å². The molecule has 0 amide bonds. The second-order valence-corrected chi connectivity index (χ2v) is 4.57. The Kier molecular flexibility index (Phi) is 3.91. The molecule has 1 aliphatic rings. The Morgan fingerprint density at radius 3 is 3.29 bits per heavy atom. The Balaban J connectivity index is 1.62. The lowest BCUT2D eigenvalue weighted by Gasteiger charge is -2.22. The van der Waals surface area contributed by atoms with Crippen LogP contribution in [0.15, 0.2) is 11.6 Å². The molecule has 78 valence electrons. The van der Waals surface area contributed by atoms with E-state index in [1.54, 1.807) is 11.3 Å². The monoisotopic (exact) mass is 212 g/mol. The topological polar surface area (TPSA) is 34.1 Å². The number of ether oxygens (including phenoxy) is 1. The molecule has 0 aromatic carbocycles. The molecule has 3 nitrogen and oxygen atoms in total. The molecule has 0 radical (unpaired) electrons. The summed E-state index contributed by atoms with van der Waals surface area (Å²) < 4.78 is 5.60. The minimum atomic E-state index is 0.559. The smallest absolute Gasteiger partial charge is 0.118 e. The van der Waals surface area contributed by atoms with E-state index in [-0.39, 0.29) is 0 Å². The van der Waals surface area contributed by atoms with Crippen LogP contribution < -0.4 is 5.32 Å². The summed E-state index contributed by atoms with van der Waals surface area (Å²) in [4.78, 5) is 4.17. The number of hydrogen-bond donors (Lipinski definition) is 1. The highest BCUT2D eigenvalue weighted by Crippen LogP contribution is 2.09. The average Bonchev–Trinajstić information content (AvgIpc) is 2.72. The Morgan fingerprint density at radius 1 is 1.57 bits per heavy atom. The summed E-state index contributed by atoms with van der Waals surface area (Å²) in [6, 6.07) is 0.559. The largest absolute Gasteiger partial charge is 0.373 e. The number of rotatable bonds is 4. The fraction of sp³-hybridized carbons (Fsp3) is 0.700. The van der Waals surface area contributed by atoms with Crippen molar-refractivity contribution >= 4 is 11.3 Å². The molecule has 0 aliphatic carbocycles. The molecular formula is C10H16N2OS. The summed E-state index contributed by atoms with van der Waals surface area (Å²) in [6.07, 6.45) is 5.71. The van der Waals surface area contributed by atoms with E-state index in [0.29, 0.717) is 12.6 Å². The van der Waals surface area contributed by atoms with Crippen molar-refractivity contribution in [3.05, 3.63) is 16.6 Å². The van der Waals surface area contributed by atoms with E-state index in [1.807, 2.05) is 11.6 Å². The quantitative estimate of drug-likeness (QED) is 0.826. The van der Waals surface area contributed by atoms with Crippen molar-refractivity contribution < 1.29 is 4.74 Å². The number of nitrogens with one attached hydrogen (secondary N) is 1. The third kappa shape index (κ3) is 3.04. The first-order valence-corrected chi connectivity index (χ1v) is 6.02. The molecule has 1 aromatic heterocycles. The SMILES string of the molecule is c1csc(COC[C@H]2CCCCN2)n1. The lowest BCUT2D eigenvalue weighted by molar-refractivity contribution is 0.0910. The molecule has 2 heterocycles. The van der Waals surface area contributed by atoms with Crippen molar-refractivity contribution in [3.8, 4) is 0 Å². The summed E-state index contributed by atoms with van der Waals surface area (Å²) in [7, 11) is 0. The van der Waals surface area contributed by atoms with Crippen molar-refractivity contribution in [2.24, 2.45) is 0 Å². The maximum Gasteiger partial charge on any atom is 0.118 e. The Bertz CT molecular complexity index is 245. The standard InChI is InChI=1S/C10H16N2OS/c1-2-4-11-9(3-1)7-13-8-10-12-5-6-14-10/h5-6,9,11H,1-4,7-8H2/t9-/m1/s1. The van der Waals surface area contributed by atoms with Crippen LogP contribution in [0.5, 0.6) is 0 Å². The van der Waals surface area contributed by atoms with Gasteiger partial charge < -0.3 is 10.1 Å². The van der Waals surface area contributed by atoms with Crippen LogP contribution in [0.25, 0.3) is 0 Å². The van der Waals surface area contributed by atoms with E-state index in [0.717, 1.165) is 18.2 Å². The number of thiazole rings is 1. The summed E-state index contributed by atoms with van der Waals surface area (Å²) >= 11 is 1.65. The Morgan fingerprint density at radius 2 is 2.57 bits per heavy atom. The Labute approximate surface area is 88.5 Å². The summed E-state index contributed by atoms with van der Waals surface area (Å²) in [5.74, 6) is 0. The first kappa shape index (κ1) is 10.1. The van der Waals surface area contributed by atoms with Gasteiger partial charge in [0.2, 0.25) is 0 Å². The molecule has 1 fully saturated rings. The Hall–Kier alpha value is -0.450. The van der Waals surface area contributed by atoms with Crippen molar-refractivity contribution in [2.75, 3.05) is 13.2 Å². The predicted molar refractivity (Wildman–Crippen MR) is 57.4 cm³/mol. The minimum Gasteiger partial charge on any atom is -0.373 e. The molecule has 2 rings (SSSR count). The van der Waals surface area contributed by atoms with Gasteiger partial charge >= 0.3 is 0 Å².